The highest BCUT2D eigenvalue weighted by Gasteiger charge is 2.42. The molecule has 0 N–H and O–H groups in total. The SMILES string of the molecule is COC(C)(C)C(C)(C#N)C#N. The van der Waals surface area contributed by atoms with Gasteiger partial charge >= 0.3 is 0 Å². The van der Waals surface area contributed by atoms with Crippen molar-refractivity contribution in [1.82, 2.24) is 0 Å². The molecule has 11 heavy (non-hydrogen) atoms. The van der Waals surface area contributed by atoms with Gasteiger partial charge in [0.05, 0.1) is 17.7 Å². The van der Waals surface area contributed by atoms with Gasteiger partial charge in [0.15, 0.2) is 5.41 Å². The Labute approximate surface area is 67.2 Å². The highest BCUT2D eigenvalue weighted by atomic mass is 16.5. The summed E-state index contributed by atoms with van der Waals surface area (Å²) in [5.41, 5.74) is -1.81. The standard InChI is InChI=1S/C8H12N2O/c1-7(2,11-4)8(3,5-9)6-10/h1-4H3. The first-order valence-electron chi connectivity index (χ1n) is 3.31. The fourth-order valence-corrected chi connectivity index (χ4v) is 0.498. The lowest BCUT2D eigenvalue weighted by molar-refractivity contribution is -0.0301. The van der Waals surface area contributed by atoms with Crippen molar-refractivity contribution in [1.29, 1.82) is 10.5 Å². The van der Waals surface area contributed by atoms with Crippen molar-refractivity contribution in [3.8, 4) is 12.1 Å². The minimum absolute atomic E-state index is 0.726. The molecule has 0 aliphatic rings. The van der Waals surface area contributed by atoms with Gasteiger partial charge < -0.3 is 4.74 Å². The summed E-state index contributed by atoms with van der Waals surface area (Å²) in [4.78, 5) is 0. The van der Waals surface area contributed by atoms with Crippen LogP contribution in [0, 0.1) is 28.1 Å². The van der Waals surface area contributed by atoms with E-state index in [1.165, 1.54) is 7.11 Å². The molecule has 0 amide bonds. The predicted octanol–water partition coefficient (Wildman–Crippen LogP) is 1.46. The highest BCUT2D eigenvalue weighted by Crippen LogP contribution is 2.31. The lowest BCUT2D eigenvalue weighted by Gasteiger charge is -2.31. The third-order valence-electron chi connectivity index (χ3n) is 2.16. The zero-order chi connectivity index (χ0) is 9.12. The predicted molar refractivity (Wildman–Crippen MR) is 40.4 cm³/mol. The maximum Gasteiger partial charge on any atom is 0.169 e. The van der Waals surface area contributed by atoms with E-state index in [2.05, 4.69) is 0 Å². The van der Waals surface area contributed by atoms with E-state index in [9.17, 15) is 0 Å². The third-order valence-corrected chi connectivity index (χ3v) is 2.16. The third kappa shape index (κ3) is 1.50. The second-order valence-electron chi connectivity index (χ2n) is 3.06. The summed E-state index contributed by atoms with van der Waals surface area (Å²) in [6, 6.07) is 3.87. The monoisotopic (exact) mass is 152 g/mol. The second kappa shape index (κ2) is 2.90. The van der Waals surface area contributed by atoms with Gasteiger partial charge in [-0.3, -0.25) is 0 Å². The molecule has 0 bridgehead atoms. The first kappa shape index (κ1) is 9.94. The Hall–Kier alpha value is -1.06. The number of hydrogen-bond donors (Lipinski definition) is 0. The van der Waals surface area contributed by atoms with Crippen molar-refractivity contribution in [2.45, 2.75) is 26.4 Å². The number of nitrogens with zero attached hydrogens (tertiary/aromatic N) is 2. The van der Waals surface area contributed by atoms with Crippen LogP contribution in [0.2, 0.25) is 0 Å². The smallest absolute Gasteiger partial charge is 0.169 e. The Morgan fingerprint density at radius 3 is 1.55 bits per heavy atom. The summed E-state index contributed by atoms with van der Waals surface area (Å²) in [5.74, 6) is 0. The summed E-state index contributed by atoms with van der Waals surface area (Å²) in [5, 5.41) is 17.4. The average molecular weight is 152 g/mol. The van der Waals surface area contributed by atoms with Crippen LogP contribution in [0.4, 0.5) is 0 Å². The van der Waals surface area contributed by atoms with Crippen molar-refractivity contribution in [2.24, 2.45) is 5.41 Å². The molecule has 0 atom stereocenters. The van der Waals surface area contributed by atoms with E-state index in [0.717, 1.165) is 0 Å². The number of hydrogen-bond acceptors (Lipinski definition) is 3. The lowest BCUT2D eigenvalue weighted by atomic mass is 9.78. The van der Waals surface area contributed by atoms with Gasteiger partial charge in [-0.25, -0.2) is 0 Å². The molecule has 3 heteroatoms. The van der Waals surface area contributed by atoms with Crippen LogP contribution in [0.3, 0.4) is 0 Å². The van der Waals surface area contributed by atoms with Crippen LogP contribution in [0.5, 0.6) is 0 Å². The van der Waals surface area contributed by atoms with E-state index < -0.39 is 11.0 Å². The summed E-state index contributed by atoms with van der Waals surface area (Å²) in [7, 11) is 1.49. The molecule has 0 aromatic rings. The van der Waals surface area contributed by atoms with E-state index >= 15 is 0 Å². The minimum Gasteiger partial charge on any atom is -0.376 e. The highest BCUT2D eigenvalue weighted by molar-refractivity contribution is 5.18. The summed E-state index contributed by atoms with van der Waals surface area (Å²) >= 11 is 0. The Kier molecular flexibility index (Phi) is 2.62. The van der Waals surface area contributed by atoms with E-state index in [-0.39, 0.29) is 0 Å². The maximum atomic E-state index is 8.70. The van der Waals surface area contributed by atoms with Crippen LogP contribution in [-0.4, -0.2) is 12.7 Å². The molecule has 0 rings (SSSR count). The molecule has 0 aromatic heterocycles. The molecule has 0 aliphatic heterocycles. The molecule has 0 aliphatic carbocycles. The normalized spacial score (nSPS) is 11.8. The van der Waals surface area contributed by atoms with Crippen LogP contribution in [0.25, 0.3) is 0 Å². The number of rotatable bonds is 2. The van der Waals surface area contributed by atoms with Crippen molar-refractivity contribution in [3.63, 3.8) is 0 Å². The first-order valence-corrected chi connectivity index (χ1v) is 3.31. The van der Waals surface area contributed by atoms with Crippen LogP contribution in [0.15, 0.2) is 0 Å². The van der Waals surface area contributed by atoms with Crippen molar-refractivity contribution in [3.05, 3.63) is 0 Å². The Bertz CT molecular complexity index is 205. The summed E-state index contributed by atoms with van der Waals surface area (Å²) in [6.07, 6.45) is 0. The van der Waals surface area contributed by atoms with Crippen molar-refractivity contribution >= 4 is 0 Å². The summed E-state index contributed by atoms with van der Waals surface area (Å²) < 4.78 is 5.04. The van der Waals surface area contributed by atoms with Crippen LogP contribution >= 0.6 is 0 Å². The number of ether oxygens (including phenoxy) is 1. The molecule has 0 aromatic carbocycles. The maximum absolute atomic E-state index is 8.70. The van der Waals surface area contributed by atoms with Gasteiger partial charge in [0, 0.05) is 7.11 Å². The first-order chi connectivity index (χ1) is 4.93. The molecule has 0 saturated carbocycles. The quantitative estimate of drug-likeness (QED) is 0.602. The topological polar surface area (TPSA) is 56.8 Å². The molecule has 60 valence electrons. The van der Waals surface area contributed by atoms with Gasteiger partial charge in [0.1, 0.15) is 0 Å². The average Bonchev–Trinajstić information content (AvgIpc) is 2.02. The van der Waals surface area contributed by atoms with Crippen LogP contribution in [0.1, 0.15) is 20.8 Å². The molecule has 0 unspecified atom stereocenters. The Morgan fingerprint density at radius 1 is 1.09 bits per heavy atom. The van der Waals surface area contributed by atoms with E-state index in [1.54, 1.807) is 20.8 Å². The van der Waals surface area contributed by atoms with Gasteiger partial charge in [-0.15, -0.1) is 0 Å². The zero-order valence-electron chi connectivity index (χ0n) is 7.30. The molecule has 0 heterocycles. The fourth-order valence-electron chi connectivity index (χ4n) is 0.498. The molecule has 0 spiro atoms. The van der Waals surface area contributed by atoms with E-state index in [0.29, 0.717) is 0 Å². The van der Waals surface area contributed by atoms with E-state index in [1.807, 2.05) is 12.1 Å². The van der Waals surface area contributed by atoms with Crippen molar-refractivity contribution in [2.75, 3.05) is 7.11 Å². The van der Waals surface area contributed by atoms with Gasteiger partial charge in [0.25, 0.3) is 0 Å². The molecule has 0 saturated heterocycles. The van der Waals surface area contributed by atoms with Gasteiger partial charge in [0.2, 0.25) is 0 Å². The minimum atomic E-state index is -1.08. The van der Waals surface area contributed by atoms with Crippen LogP contribution < -0.4 is 0 Å². The molecular formula is C8H12N2O. The zero-order valence-corrected chi connectivity index (χ0v) is 7.30. The lowest BCUT2D eigenvalue weighted by Crippen LogP contribution is -2.40. The van der Waals surface area contributed by atoms with Crippen LogP contribution in [-0.2, 0) is 4.74 Å². The summed E-state index contributed by atoms with van der Waals surface area (Å²) in [6.45, 7) is 5.01. The molecule has 0 fully saturated rings. The van der Waals surface area contributed by atoms with E-state index in [4.69, 9.17) is 15.3 Å². The fraction of sp³-hybridized carbons (Fsp3) is 0.750. The Balaban J connectivity index is 4.85. The van der Waals surface area contributed by atoms with Gasteiger partial charge in [-0.2, -0.15) is 10.5 Å². The number of nitriles is 2. The molecule has 3 nitrogen and oxygen atoms in total. The molecule has 0 radical (unpaired) electrons. The second-order valence-corrected chi connectivity index (χ2v) is 3.06. The Morgan fingerprint density at radius 2 is 1.45 bits per heavy atom. The number of methoxy groups -OCH3 is 1. The molecular weight excluding hydrogens is 140 g/mol. The largest absolute Gasteiger partial charge is 0.376 e. The van der Waals surface area contributed by atoms with Gasteiger partial charge in [-0.1, -0.05) is 0 Å². The van der Waals surface area contributed by atoms with Crippen molar-refractivity contribution < 1.29 is 4.74 Å². The van der Waals surface area contributed by atoms with Gasteiger partial charge in [-0.05, 0) is 20.8 Å².